The Labute approximate surface area is 224 Å². The molecule has 1 heterocycles. The van der Waals surface area contributed by atoms with Gasteiger partial charge in [-0.05, 0) is 41.9 Å². The maximum atomic E-state index is 13.1. The molecule has 2 amide bonds. The molecule has 3 rings (SSSR count). The minimum atomic E-state index is -0.880. The van der Waals surface area contributed by atoms with Crippen molar-refractivity contribution in [2.24, 2.45) is 5.92 Å². The second kappa shape index (κ2) is 13.4. The van der Waals surface area contributed by atoms with Crippen LogP contribution in [-0.2, 0) is 20.7 Å². The normalized spacial score (nSPS) is 15.3. The Morgan fingerprint density at radius 3 is 2.69 bits per heavy atom. The predicted molar refractivity (Wildman–Crippen MR) is 144 cm³/mol. The number of thiocarbonyl (C=S) groups is 1. The highest BCUT2D eigenvalue weighted by atomic mass is 79.9. The van der Waals surface area contributed by atoms with Crippen molar-refractivity contribution in [1.82, 2.24) is 15.5 Å². The zero-order valence-corrected chi connectivity index (χ0v) is 22.7. The number of piperazine rings is 1. The molecule has 0 radical (unpaired) electrons. The van der Waals surface area contributed by atoms with E-state index >= 15 is 0 Å². The van der Waals surface area contributed by atoms with Gasteiger partial charge in [0.25, 0.3) is 5.91 Å². The molecule has 1 unspecified atom stereocenters. The second-order valence-corrected chi connectivity index (χ2v) is 10.1. The largest absolute Gasteiger partial charge is 0.492 e. The van der Waals surface area contributed by atoms with Gasteiger partial charge in [-0.25, -0.2) is 0 Å². The molecule has 2 aromatic carbocycles. The van der Waals surface area contributed by atoms with Crippen molar-refractivity contribution in [2.45, 2.75) is 32.7 Å². The smallest absolute Gasteiger partial charge is 0.308 e. The fraction of sp³-hybridized carbons (Fsp3) is 0.385. The van der Waals surface area contributed by atoms with Crippen molar-refractivity contribution in [3.63, 3.8) is 0 Å². The first-order chi connectivity index (χ1) is 17.2. The highest BCUT2D eigenvalue weighted by Crippen LogP contribution is 2.24. The number of hydrogen-bond donors (Lipinski definition) is 2. The van der Waals surface area contributed by atoms with E-state index in [9.17, 15) is 14.4 Å². The molecule has 0 aromatic heterocycles. The predicted octanol–water partition coefficient (Wildman–Crippen LogP) is 3.48. The Bertz CT molecular complexity index is 1100. The van der Waals surface area contributed by atoms with Crippen molar-refractivity contribution in [3.8, 4) is 5.75 Å². The zero-order chi connectivity index (χ0) is 26.1. The van der Waals surface area contributed by atoms with Crippen LogP contribution in [0.1, 0.15) is 36.2 Å². The van der Waals surface area contributed by atoms with Gasteiger partial charge in [0.2, 0.25) is 5.91 Å². The van der Waals surface area contributed by atoms with E-state index in [4.69, 9.17) is 21.7 Å². The number of hydrogen-bond acceptors (Lipinski definition) is 6. The van der Waals surface area contributed by atoms with Crippen molar-refractivity contribution >= 4 is 51.0 Å². The lowest BCUT2D eigenvalue weighted by atomic mass is 10.1. The number of rotatable bonds is 9. The van der Waals surface area contributed by atoms with Crippen molar-refractivity contribution in [3.05, 3.63) is 64.1 Å². The summed E-state index contributed by atoms with van der Waals surface area (Å²) in [7, 11) is 0. The fourth-order valence-electron chi connectivity index (χ4n) is 3.60. The van der Waals surface area contributed by atoms with Gasteiger partial charge in [-0.2, -0.15) is 0 Å². The third-order valence-electron chi connectivity index (χ3n) is 5.43. The molecule has 1 aliphatic heterocycles. The Kier molecular flexibility index (Phi) is 10.2. The second-order valence-electron chi connectivity index (χ2n) is 8.77. The lowest BCUT2D eigenvalue weighted by Gasteiger charge is -2.36. The third-order valence-corrected chi connectivity index (χ3v) is 6.26. The maximum absolute atomic E-state index is 13.1. The lowest BCUT2D eigenvalue weighted by Crippen LogP contribution is -2.60. The van der Waals surface area contributed by atoms with Crippen molar-refractivity contribution in [1.29, 1.82) is 0 Å². The first kappa shape index (κ1) is 27.6. The first-order valence-electron chi connectivity index (χ1n) is 11.8. The Morgan fingerprint density at radius 1 is 1.22 bits per heavy atom. The third kappa shape index (κ3) is 8.03. The number of carbonyl (C=O) groups excluding carboxylic acids is 3. The van der Waals surface area contributed by atoms with Crippen LogP contribution in [0.5, 0.6) is 5.75 Å². The number of amides is 2. The summed E-state index contributed by atoms with van der Waals surface area (Å²) in [6.07, 6.45) is 0.395. The molecule has 0 saturated carbocycles. The van der Waals surface area contributed by atoms with Crippen LogP contribution >= 0.6 is 28.1 Å². The fourth-order valence-corrected chi connectivity index (χ4v) is 4.28. The van der Waals surface area contributed by atoms with E-state index in [1.165, 1.54) is 0 Å². The van der Waals surface area contributed by atoms with E-state index in [2.05, 4.69) is 26.6 Å². The molecule has 0 aliphatic carbocycles. The number of ether oxygens (including phenoxy) is 2. The SMILES string of the molecule is CC(C)COc1ccc(Br)cc1C(=O)NC(=S)N1CCNC(=O)C1CC(=O)OCCc1ccccc1. The summed E-state index contributed by atoms with van der Waals surface area (Å²) in [4.78, 5) is 39.7. The number of halogens is 1. The molecule has 1 fully saturated rings. The molecule has 36 heavy (non-hydrogen) atoms. The Hall–Kier alpha value is -2.98. The molecule has 2 N–H and O–H groups in total. The van der Waals surface area contributed by atoms with Gasteiger partial charge in [-0.1, -0.05) is 60.1 Å². The van der Waals surface area contributed by atoms with E-state index in [1.807, 2.05) is 44.2 Å². The Balaban J connectivity index is 1.62. The monoisotopic (exact) mass is 575 g/mol. The number of nitrogens with zero attached hydrogens (tertiary/aromatic N) is 1. The highest BCUT2D eigenvalue weighted by molar-refractivity contribution is 9.10. The molecule has 0 spiro atoms. The standard InChI is InChI=1S/C26H30BrN3O5S/c1-17(2)16-35-22-9-8-19(27)14-20(22)24(32)29-26(36)30-12-11-28-25(33)21(30)15-23(31)34-13-10-18-6-4-3-5-7-18/h3-9,14,17,21H,10-13,15-16H2,1-2H3,(H,28,33)(H,29,32,36). The average Bonchev–Trinajstić information content (AvgIpc) is 2.85. The maximum Gasteiger partial charge on any atom is 0.308 e. The van der Waals surface area contributed by atoms with Gasteiger partial charge in [0.1, 0.15) is 11.8 Å². The lowest BCUT2D eigenvalue weighted by molar-refractivity contribution is -0.147. The number of benzene rings is 2. The minimum absolute atomic E-state index is 0.0618. The Morgan fingerprint density at radius 2 is 1.97 bits per heavy atom. The summed E-state index contributed by atoms with van der Waals surface area (Å²) >= 11 is 8.86. The summed E-state index contributed by atoms with van der Waals surface area (Å²) < 4.78 is 11.9. The van der Waals surface area contributed by atoms with Gasteiger partial charge in [-0.3, -0.25) is 19.7 Å². The van der Waals surface area contributed by atoms with Crippen LogP contribution < -0.4 is 15.4 Å². The first-order valence-corrected chi connectivity index (χ1v) is 13.0. The number of carbonyl (C=O) groups is 3. The number of nitrogens with one attached hydrogen (secondary N) is 2. The molecule has 0 bridgehead atoms. The van der Waals surface area contributed by atoms with Gasteiger partial charge >= 0.3 is 5.97 Å². The quantitative estimate of drug-likeness (QED) is 0.349. The van der Waals surface area contributed by atoms with Crippen LogP contribution in [0.25, 0.3) is 0 Å². The van der Waals surface area contributed by atoms with Gasteiger partial charge < -0.3 is 19.7 Å². The summed E-state index contributed by atoms with van der Waals surface area (Å²) in [5.41, 5.74) is 1.36. The minimum Gasteiger partial charge on any atom is -0.492 e. The van der Waals surface area contributed by atoms with E-state index in [0.29, 0.717) is 41.9 Å². The zero-order valence-electron chi connectivity index (χ0n) is 20.3. The van der Waals surface area contributed by atoms with Crippen LogP contribution in [0.4, 0.5) is 0 Å². The van der Waals surface area contributed by atoms with Crippen LogP contribution in [-0.4, -0.2) is 60.1 Å². The highest BCUT2D eigenvalue weighted by Gasteiger charge is 2.34. The van der Waals surface area contributed by atoms with E-state index in [1.54, 1.807) is 23.1 Å². The van der Waals surface area contributed by atoms with Crippen molar-refractivity contribution in [2.75, 3.05) is 26.3 Å². The van der Waals surface area contributed by atoms with Gasteiger partial charge in [-0.15, -0.1) is 0 Å². The van der Waals surface area contributed by atoms with Crippen molar-refractivity contribution < 1.29 is 23.9 Å². The van der Waals surface area contributed by atoms with E-state index in [0.717, 1.165) is 5.56 Å². The van der Waals surface area contributed by atoms with Crippen LogP contribution in [0.2, 0.25) is 0 Å². The topological polar surface area (TPSA) is 97.0 Å². The van der Waals surface area contributed by atoms with Crippen LogP contribution in [0, 0.1) is 5.92 Å². The molecule has 2 aromatic rings. The number of esters is 1. The summed E-state index contributed by atoms with van der Waals surface area (Å²) in [6.45, 7) is 5.38. The molecular formula is C26H30BrN3O5S. The summed E-state index contributed by atoms with van der Waals surface area (Å²) in [6, 6.07) is 13.9. The molecule has 10 heteroatoms. The molecule has 1 atom stereocenters. The molecule has 1 aliphatic rings. The van der Waals surface area contributed by atoms with E-state index < -0.39 is 17.9 Å². The van der Waals surface area contributed by atoms with Crippen LogP contribution in [0.3, 0.4) is 0 Å². The summed E-state index contributed by atoms with van der Waals surface area (Å²) in [5, 5.41) is 5.50. The van der Waals surface area contributed by atoms with Crippen LogP contribution in [0.15, 0.2) is 53.0 Å². The van der Waals surface area contributed by atoms with E-state index in [-0.39, 0.29) is 30.0 Å². The van der Waals surface area contributed by atoms with Gasteiger partial charge in [0.15, 0.2) is 5.11 Å². The summed E-state index contributed by atoms with van der Waals surface area (Å²) in [5.74, 6) is -0.604. The molecule has 1 saturated heterocycles. The molecule has 8 nitrogen and oxygen atoms in total. The molecule has 192 valence electrons. The van der Waals surface area contributed by atoms with Gasteiger partial charge in [0.05, 0.1) is 25.2 Å². The van der Waals surface area contributed by atoms with Gasteiger partial charge in [0, 0.05) is 24.0 Å². The average molecular weight is 577 g/mol. The molecular weight excluding hydrogens is 546 g/mol.